The zero-order valence-electron chi connectivity index (χ0n) is 31.6. The number of benzene rings is 8. The van der Waals surface area contributed by atoms with Crippen LogP contribution in [0.3, 0.4) is 0 Å². The van der Waals surface area contributed by atoms with Crippen molar-refractivity contribution < 1.29 is 13.2 Å². The molecule has 10 rings (SSSR count). The predicted octanol–water partition coefficient (Wildman–Crippen LogP) is 14.4. The van der Waals surface area contributed by atoms with Gasteiger partial charge in [-0.3, -0.25) is 0 Å². The SMILES string of the molecule is Cc1ccc(-c2ccc3c4ccccc4n(-c4cc(C(F)(F)F)cc(-n5c6ccccc6c6ccc(-c7ccc(C)cc7)cc65)c4-c4cccc(C#N)c4)c3c2)cc1. The van der Waals surface area contributed by atoms with Gasteiger partial charge >= 0.3 is 6.18 Å². The van der Waals surface area contributed by atoms with Crippen molar-refractivity contribution in [2.24, 2.45) is 0 Å². The van der Waals surface area contributed by atoms with E-state index in [1.807, 2.05) is 77.6 Å². The predicted molar refractivity (Wildman–Crippen MR) is 231 cm³/mol. The Morgan fingerprint density at radius 2 is 0.879 bits per heavy atom. The minimum atomic E-state index is -4.69. The summed E-state index contributed by atoms with van der Waals surface area (Å²) in [5.74, 6) is 0. The molecule has 0 aliphatic heterocycles. The second-order valence-electron chi connectivity index (χ2n) is 15.0. The summed E-state index contributed by atoms with van der Waals surface area (Å²) in [6.07, 6.45) is -4.69. The fourth-order valence-electron chi connectivity index (χ4n) is 8.48. The summed E-state index contributed by atoms with van der Waals surface area (Å²) in [6, 6.07) is 56.6. The van der Waals surface area contributed by atoms with Crippen molar-refractivity contribution in [1.29, 1.82) is 5.26 Å². The van der Waals surface area contributed by atoms with Crippen molar-refractivity contribution >= 4 is 43.6 Å². The lowest BCUT2D eigenvalue weighted by atomic mass is 9.96. The number of nitrogens with zero attached hydrogens (tertiary/aromatic N) is 3. The largest absolute Gasteiger partial charge is 0.416 e. The summed E-state index contributed by atoms with van der Waals surface area (Å²) in [6.45, 7) is 4.08. The number of halogens is 3. The topological polar surface area (TPSA) is 33.6 Å². The van der Waals surface area contributed by atoms with Gasteiger partial charge in [0.2, 0.25) is 0 Å². The Bertz CT molecular complexity index is 3100. The Hall–Kier alpha value is -7.36. The van der Waals surface area contributed by atoms with E-state index in [4.69, 9.17) is 0 Å². The molecular formula is C52H34F3N3. The van der Waals surface area contributed by atoms with Crippen molar-refractivity contribution in [3.8, 4) is 50.8 Å². The van der Waals surface area contributed by atoms with Crippen LogP contribution in [0.4, 0.5) is 13.2 Å². The molecule has 0 N–H and O–H groups in total. The maximum absolute atomic E-state index is 15.5. The van der Waals surface area contributed by atoms with Crippen LogP contribution in [0.2, 0.25) is 0 Å². The zero-order valence-corrected chi connectivity index (χ0v) is 31.6. The quantitative estimate of drug-likeness (QED) is 0.172. The van der Waals surface area contributed by atoms with Crippen molar-refractivity contribution in [1.82, 2.24) is 9.13 Å². The summed E-state index contributed by atoms with van der Waals surface area (Å²) < 4.78 is 50.5. The third-order valence-electron chi connectivity index (χ3n) is 11.3. The number of hydrogen-bond acceptors (Lipinski definition) is 1. The van der Waals surface area contributed by atoms with E-state index in [2.05, 4.69) is 91.0 Å². The molecule has 2 heterocycles. The number of fused-ring (bicyclic) bond motifs is 6. The molecule has 0 aliphatic rings. The minimum absolute atomic E-state index is 0.354. The second-order valence-corrected chi connectivity index (χ2v) is 15.0. The Morgan fingerprint density at radius 3 is 1.34 bits per heavy atom. The van der Waals surface area contributed by atoms with Crippen LogP contribution in [0, 0.1) is 25.2 Å². The lowest BCUT2D eigenvalue weighted by Gasteiger charge is -2.23. The Labute approximate surface area is 333 Å². The maximum Gasteiger partial charge on any atom is 0.416 e. The third-order valence-corrected chi connectivity index (χ3v) is 11.3. The molecule has 0 atom stereocenters. The van der Waals surface area contributed by atoms with Gasteiger partial charge in [0.05, 0.1) is 50.6 Å². The van der Waals surface area contributed by atoms with Gasteiger partial charge < -0.3 is 9.13 Å². The van der Waals surface area contributed by atoms with Gasteiger partial charge in [-0.25, -0.2) is 0 Å². The van der Waals surface area contributed by atoms with Gasteiger partial charge in [-0.05, 0) is 90.2 Å². The van der Waals surface area contributed by atoms with Crippen LogP contribution < -0.4 is 0 Å². The van der Waals surface area contributed by atoms with E-state index in [9.17, 15) is 5.26 Å². The standard InChI is InChI=1S/C52H34F3N3/c1-32-14-18-35(19-15-32)37-22-24-43-41-10-3-5-12-45(41)57(47(43)27-37)49-29-40(52(53,54)55)30-50(51(49)39-9-7-8-34(26-39)31-56)58-46-13-6-4-11-42(46)44-25-23-38(28-48(44)58)36-20-16-33(2)17-21-36/h3-30H,1-2H3. The number of para-hydroxylation sites is 2. The smallest absolute Gasteiger partial charge is 0.309 e. The Balaban J connectivity index is 1.38. The lowest BCUT2D eigenvalue weighted by Crippen LogP contribution is -2.11. The van der Waals surface area contributed by atoms with E-state index < -0.39 is 11.7 Å². The van der Waals surface area contributed by atoms with Gasteiger partial charge in [0.25, 0.3) is 0 Å². The van der Waals surface area contributed by atoms with Crippen LogP contribution in [-0.4, -0.2) is 9.13 Å². The Morgan fingerprint density at radius 1 is 0.431 bits per heavy atom. The highest BCUT2D eigenvalue weighted by molar-refractivity contribution is 6.13. The summed E-state index contributed by atoms with van der Waals surface area (Å²) in [5.41, 5.74) is 10.8. The molecule has 0 amide bonds. The number of alkyl halides is 3. The van der Waals surface area contributed by atoms with E-state index in [-0.39, 0.29) is 0 Å². The van der Waals surface area contributed by atoms with Crippen molar-refractivity contribution in [3.05, 3.63) is 192 Å². The summed E-state index contributed by atoms with van der Waals surface area (Å²) >= 11 is 0. The summed E-state index contributed by atoms with van der Waals surface area (Å²) in [7, 11) is 0. The molecule has 0 saturated carbocycles. The first-order chi connectivity index (χ1) is 28.2. The van der Waals surface area contributed by atoms with Crippen molar-refractivity contribution in [2.45, 2.75) is 20.0 Å². The molecule has 58 heavy (non-hydrogen) atoms. The lowest BCUT2D eigenvalue weighted by molar-refractivity contribution is -0.137. The van der Waals surface area contributed by atoms with Crippen LogP contribution in [0.1, 0.15) is 22.3 Å². The number of aromatic nitrogens is 2. The molecule has 0 spiro atoms. The molecule has 0 unspecified atom stereocenters. The fourth-order valence-corrected chi connectivity index (χ4v) is 8.48. The number of aryl methyl sites for hydroxylation is 2. The van der Waals surface area contributed by atoms with Crippen molar-refractivity contribution in [3.63, 3.8) is 0 Å². The van der Waals surface area contributed by atoms with E-state index in [0.717, 1.165) is 77.0 Å². The van der Waals surface area contributed by atoms with Crippen LogP contribution in [0.15, 0.2) is 170 Å². The van der Waals surface area contributed by atoms with Gasteiger partial charge in [0.1, 0.15) is 0 Å². The van der Waals surface area contributed by atoms with Gasteiger partial charge in [0.15, 0.2) is 0 Å². The number of nitriles is 1. The van der Waals surface area contributed by atoms with E-state index >= 15 is 13.2 Å². The zero-order chi connectivity index (χ0) is 39.7. The third kappa shape index (κ3) is 5.74. The van der Waals surface area contributed by atoms with Crippen LogP contribution >= 0.6 is 0 Å². The Kier molecular flexibility index (Phi) is 8.10. The molecule has 278 valence electrons. The first-order valence-corrected chi connectivity index (χ1v) is 19.1. The molecule has 0 fully saturated rings. The number of rotatable bonds is 5. The molecule has 8 aromatic carbocycles. The second kappa shape index (κ2) is 13.4. The summed E-state index contributed by atoms with van der Waals surface area (Å²) in [4.78, 5) is 0. The van der Waals surface area contributed by atoms with E-state index in [1.54, 1.807) is 18.2 Å². The highest BCUT2D eigenvalue weighted by Gasteiger charge is 2.34. The van der Waals surface area contributed by atoms with Crippen LogP contribution in [-0.2, 0) is 6.18 Å². The van der Waals surface area contributed by atoms with Gasteiger partial charge in [-0.1, -0.05) is 132 Å². The monoisotopic (exact) mass is 757 g/mol. The number of hydrogen-bond donors (Lipinski definition) is 0. The van der Waals surface area contributed by atoms with Crippen molar-refractivity contribution in [2.75, 3.05) is 0 Å². The molecule has 6 heteroatoms. The van der Waals surface area contributed by atoms with Gasteiger partial charge in [0, 0.05) is 27.1 Å². The van der Waals surface area contributed by atoms with E-state index in [0.29, 0.717) is 28.1 Å². The van der Waals surface area contributed by atoms with Gasteiger partial charge in [-0.15, -0.1) is 0 Å². The molecule has 0 bridgehead atoms. The fraction of sp³-hybridized carbons (Fsp3) is 0.0577. The van der Waals surface area contributed by atoms with E-state index in [1.165, 1.54) is 12.1 Å². The molecule has 3 nitrogen and oxygen atoms in total. The molecule has 0 aliphatic carbocycles. The molecular weight excluding hydrogens is 724 g/mol. The van der Waals surface area contributed by atoms with Crippen LogP contribution in [0.25, 0.3) is 88.4 Å². The maximum atomic E-state index is 15.5. The highest BCUT2D eigenvalue weighted by Crippen LogP contribution is 2.46. The highest BCUT2D eigenvalue weighted by atomic mass is 19.4. The first kappa shape index (κ1) is 35.1. The molecule has 10 aromatic rings. The first-order valence-electron chi connectivity index (χ1n) is 19.1. The normalized spacial score (nSPS) is 11.9. The average molecular weight is 758 g/mol. The average Bonchev–Trinajstić information content (AvgIpc) is 3.75. The molecule has 2 aromatic heterocycles. The van der Waals surface area contributed by atoms with Gasteiger partial charge in [-0.2, -0.15) is 18.4 Å². The molecule has 0 radical (unpaired) electrons. The summed E-state index contributed by atoms with van der Waals surface area (Å²) in [5, 5.41) is 13.8. The van der Waals surface area contributed by atoms with Crippen LogP contribution in [0.5, 0.6) is 0 Å². The minimum Gasteiger partial charge on any atom is -0.309 e. The molecule has 0 saturated heterocycles.